The number of nitrogens with one attached hydrogen (secondary N) is 1. The van der Waals surface area contributed by atoms with Crippen molar-refractivity contribution in [2.24, 2.45) is 11.7 Å². The van der Waals surface area contributed by atoms with Crippen molar-refractivity contribution in [3.63, 3.8) is 0 Å². The molecule has 0 amide bonds. The van der Waals surface area contributed by atoms with Crippen LogP contribution in [0.1, 0.15) is 26.7 Å². The molecule has 2 heteroatoms. The molecule has 0 radical (unpaired) electrons. The molecule has 0 aromatic rings. The minimum atomic E-state index is 0.499. The second-order valence-corrected chi connectivity index (χ2v) is 3.66. The molecule has 0 saturated heterocycles. The SMILES string of the molecule is CC(C)NCC1CC(N)C1. The molecule has 0 atom stereocenters. The van der Waals surface area contributed by atoms with Crippen molar-refractivity contribution in [3.05, 3.63) is 0 Å². The molecule has 0 aromatic heterocycles. The van der Waals surface area contributed by atoms with E-state index in [1.807, 2.05) is 0 Å². The van der Waals surface area contributed by atoms with Gasteiger partial charge in [-0.05, 0) is 25.3 Å². The summed E-state index contributed by atoms with van der Waals surface area (Å²) in [5, 5.41) is 3.41. The van der Waals surface area contributed by atoms with Gasteiger partial charge in [-0.2, -0.15) is 0 Å². The molecule has 1 saturated carbocycles. The third-order valence-electron chi connectivity index (χ3n) is 2.09. The summed E-state index contributed by atoms with van der Waals surface area (Å²) in [6.45, 7) is 5.52. The average molecular weight is 142 g/mol. The van der Waals surface area contributed by atoms with Crippen molar-refractivity contribution in [1.29, 1.82) is 0 Å². The summed E-state index contributed by atoms with van der Waals surface area (Å²) in [5.74, 6) is 0.859. The van der Waals surface area contributed by atoms with E-state index in [4.69, 9.17) is 5.73 Å². The van der Waals surface area contributed by atoms with Gasteiger partial charge in [0.2, 0.25) is 0 Å². The van der Waals surface area contributed by atoms with Crippen LogP contribution < -0.4 is 11.1 Å². The van der Waals surface area contributed by atoms with Gasteiger partial charge in [0.1, 0.15) is 0 Å². The zero-order chi connectivity index (χ0) is 7.56. The van der Waals surface area contributed by atoms with Crippen molar-refractivity contribution >= 4 is 0 Å². The third-order valence-corrected chi connectivity index (χ3v) is 2.09. The lowest BCUT2D eigenvalue weighted by atomic mass is 9.81. The Bertz CT molecular complexity index is 95.4. The van der Waals surface area contributed by atoms with E-state index in [1.165, 1.54) is 12.8 Å². The van der Waals surface area contributed by atoms with Crippen LogP contribution in [-0.2, 0) is 0 Å². The molecule has 1 fully saturated rings. The van der Waals surface area contributed by atoms with Crippen LogP contribution in [0.5, 0.6) is 0 Å². The highest BCUT2D eigenvalue weighted by Gasteiger charge is 2.25. The Morgan fingerprint density at radius 3 is 2.50 bits per heavy atom. The lowest BCUT2D eigenvalue weighted by Gasteiger charge is -2.33. The van der Waals surface area contributed by atoms with Crippen LogP contribution in [0, 0.1) is 5.92 Å². The quantitative estimate of drug-likeness (QED) is 0.609. The number of hydrogen-bond acceptors (Lipinski definition) is 2. The van der Waals surface area contributed by atoms with Crippen molar-refractivity contribution in [2.45, 2.75) is 38.8 Å². The van der Waals surface area contributed by atoms with Gasteiger partial charge in [0.15, 0.2) is 0 Å². The molecule has 0 aromatic carbocycles. The van der Waals surface area contributed by atoms with Gasteiger partial charge >= 0.3 is 0 Å². The number of nitrogens with two attached hydrogens (primary N) is 1. The maximum atomic E-state index is 5.65. The zero-order valence-electron chi connectivity index (χ0n) is 6.93. The van der Waals surface area contributed by atoms with Gasteiger partial charge < -0.3 is 11.1 Å². The largest absolute Gasteiger partial charge is 0.328 e. The first-order valence-corrected chi connectivity index (χ1v) is 4.17. The Morgan fingerprint density at radius 2 is 2.10 bits per heavy atom. The molecule has 60 valence electrons. The lowest BCUT2D eigenvalue weighted by Crippen LogP contribution is -2.42. The van der Waals surface area contributed by atoms with Crippen LogP contribution in [0.3, 0.4) is 0 Å². The second kappa shape index (κ2) is 3.35. The topological polar surface area (TPSA) is 38.0 Å². The predicted octanol–water partition coefficient (Wildman–Crippen LogP) is 0.722. The highest BCUT2D eigenvalue weighted by Crippen LogP contribution is 2.24. The summed E-state index contributed by atoms with van der Waals surface area (Å²) in [7, 11) is 0. The Labute approximate surface area is 63.2 Å². The zero-order valence-corrected chi connectivity index (χ0v) is 6.93. The van der Waals surface area contributed by atoms with Gasteiger partial charge in [0.25, 0.3) is 0 Å². The molecule has 3 N–H and O–H groups in total. The summed E-state index contributed by atoms with van der Waals surface area (Å²) in [6, 6.07) is 1.12. The fourth-order valence-electron chi connectivity index (χ4n) is 1.36. The molecule has 1 aliphatic rings. The summed E-state index contributed by atoms with van der Waals surface area (Å²) >= 11 is 0. The van der Waals surface area contributed by atoms with Crippen LogP contribution in [0.4, 0.5) is 0 Å². The maximum absolute atomic E-state index is 5.65. The van der Waals surface area contributed by atoms with E-state index in [9.17, 15) is 0 Å². The van der Waals surface area contributed by atoms with Crippen LogP contribution in [0.2, 0.25) is 0 Å². The number of rotatable bonds is 3. The number of hydrogen-bond donors (Lipinski definition) is 2. The molecule has 0 aliphatic heterocycles. The minimum Gasteiger partial charge on any atom is -0.328 e. The molecule has 1 aliphatic carbocycles. The molecular weight excluding hydrogens is 124 g/mol. The lowest BCUT2D eigenvalue weighted by molar-refractivity contribution is 0.251. The highest BCUT2D eigenvalue weighted by atomic mass is 14.9. The smallest absolute Gasteiger partial charge is 0.00450 e. The predicted molar refractivity (Wildman–Crippen MR) is 43.8 cm³/mol. The first kappa shape index (κ1) is 8.02. The Morgan fingerprint density at radius 1 is 1.50 bits per heavy atom. The summed E-state index contributed by atoms with van der Waals surface area (Å²) in [6.07, 6.45) is 2.44. The van der Waals surface area contributed by atoms with E-state index in [0.29, 0.717) is 12.1 Å². The Balaban J connectivity index is 1.95. The summed E-state index contributed by atoms with van der Waals surface area (Å²) in [4.78, 5) is 0. The van der Waals surface area contributed by atoms with Crippen LogP contribution in [-0.4, -0.2) is 18.6 Å². The molecule has 0 unspecified atom stereocenters. The van der Waals surface area contributed by atoms with Crippen molar-refractivity contribution in [3.8, 4) is 0 Å². The minimum absolute atomic E-state index is 0.499. The van der Waals surface area contributed by atoms with E-state index in [1.54, 1.807) is 0 Å². The standard InChI is InChI=1S/C8H18N2/c1-6(2)10-5-7-3-8(9)4-7/h6-8,10H,3-5,9H2,1-2H3. The maximum Gasteiger partial charge on any atom is 0.00450 e. The van der Waals surface area contributed by atoms with E-state index in [2.05, 4.69) is 19.2 Å². The van der Waals surface area contributed by atoms with Crippen molar-refractivity contribution < 1.29 is 0 Å². The van der Waals surface area contributed by atoms with Gasteiger partial charge in [-0.3, -0.25) is 0 Å². The molecule has 10 heavy (non-hydrogen) atoms. The fraction of sp³-hybridized carbons (Fsp3) is 1.00. The normalized spacial score (nSPS) is 32.4. The van der Waals surface area contributed by atoms with Crippen molar-refractivity contribution in [2.75, 3.05) is 6.54 Å². The molecule has 1 rings (SSSR count). The molecule has 0 heterocycles. The van der Waals surface area contributed by atoms with Gasteiger partial charge in [0.05, 0.1) is 0 Å². The molecule has 2 nitrogen and oxygen atoms in total. The molecular formula is C8H18N2. The first-order valence-electron chi connectivity index (χ1n) is 4.17. The van der Waals surface area contributed by atoms with Gasteiger partial charge in [-0.1, -0.05) is 13.8 Å². The summed E-state index contributed by atoms with van der Waals surface area (Å²) < 4.78 is 0. The van der Waals surface area contributed by atoms with Gasteiger partial charge in [-0.15, -0.1) is 0 Å². The van der Waals surface area contributed by atoms with Crippen LogP contribution in [0.25, 0.3) is 0 Å². The summed E-state index contributed by atoms with van der Waals surface area (Å²) in [5.41, 5.74) is 5.65. The molecule has 0 spiro atoms. The first-order chi connectivity index (χ1) is 4.68. The van der Waals surface area contributed by atoms with E-state index < -0.39 is 0 Å². The average Bonchev–Trinajstić information content (AvgIpc) is 1.77. The highest BCUT2D eigenvalue weighted by molar-refractivity contribution is 4.83. The van der Waals surface area contributed by atoms with E-state index in [0.717, 1.165) is 12.5 Å². The van der Waals surface area contributed by atoms with Gasteiger partial charge in [0, 0.05) is 12.1 Å². The fourth-order valence-corrected chi connectivity index (χ4v) is 1.36. The monoisotopic (exact) mass is 142 g/mol. The molecule has 0 bridgehead atoms. The van der Waals surface area contributed by atoms with Crippen LogP contribution in [0.15, 0.2) is 0 Å². The van der Waals surface area contributed by atoms with E-state index >= 15 is 0 Å². The van der Waals surface area contributed by atoms with Gasteiger partial charge in [-0.25, -0.2) is 0 Å². The van der Waals surface area contributed by atoms with E-state index in [-0.39, 0.29) is 0 Å². The second-order valence-electron chi connectivity index (χ2n) is 3.66. The van der Waals surface area contributed by atoms with Crippen LogP contribution >= 0.6 is 0 Å². The Kier molecular flexibility index (Phi) is 2.69. The van der Waals surface area contributed by atoms with Crippen molar-refractivity contribution in [1.82, 2.24) is 5.32 Å². The third kappa shape index (κ3) is 2.27. The Hall–Kier alpha value is -0.0800.